The molecule has 106 valence electrons. The molecule has 0 aliphatic heterocycles. The Morgan fingerprint density at radius 2 is 2.20 bits per heavy atom. The molecule has 2 rings (SSSR count). The number of thiocarbonyl (C=S) groups is 1. The van der Waals surface area contributed by atoms with Gasteiger partial charge in [-0.15, -0.1) is 11.3 Å². The molecular weight excluding hydrogens is 291 g/mol. The van der Waals surface area contributed by atoms with Gasteiger partial charge in [-0.3, -0.25) is 0 Å². The van der Waals surface area contributed by atoms with Crippen molar-refractivity contribution < 1.29 is 4.39 Å². The Morgan fingerprint density at radius 3 is 2.85 bits per heavy atom. The van der Waals surface area contributed by atoms with Crippen LogP contribution in [0.1, 0.15) is 16.0 Å². The number of halogens is 1. The zero-order chi connectivity index (χ0) is 14.5. The van der Waals surface area contributed by atoms with E-state index in [0.717, 1.165) is 24.1 Å². The Hall–Kier alpha value is -1.30. The molecule has 0 unspecified atom stereocenters. The van der Waals surface area contributed by atoms with Crippen LogP contribution in [0, 0.1) is 5.82 Å². The number of thiophene rings is 1. The fourth-order valence-electron chi connectivity index (χ4n) is 2.06. The summed E-state index contributed by atoms with van der Waals surface area (Å²) in [7, 11) is 2.02. The molecule has 0 saturated carbocycles. The largest absolute Gasteiger partial charge is 0.389 e. The van der Waals surface area contributed by atoms with Crippen molar-refractivity contribution in [2.24, 2.45) is 5.73 Å². The van der Waals surface area contributed by atoms with Crippen LogP contribution < -0.4 is 5.73 Å². The fourth-order valence-corrected chi connectivity index (χ4v) is 2.96. The van der Waals surface area contributed by atoms with Gasteiger partial charge in [0.15, 0.2) is 0 Å². The number of nitrogens with two attached hydrogens (primary N) is 1. The van der Waals surface area contributed by atoms with Crippen LogP contribution >= 0.6 is 23.6 Å². The summed E-state index contributed by atoms with van der Waals surface area (Å²) in [6.45, 7) is 1.55. The van der Waals surface area contributed by atoms with Crippen LogP contribution in [-0.4, -0.2) is 23.5 Å². The predicted molar refractivity (Wildman–Crippen MR) is 86.6 cm³/mol. The number of rotatable bonds is 6. The normalized spacial score (nSPS) is 10.9. The third kappa shape index (κ3) is 4.10. The maximum Gasteiger partial charge on any atom is 0.123 e. The molecule has 2 N–H and O–H groups in total. The summed E-state index contributed by atoms with van der Waals surface area (Å²) in [5.41, 5.74) is 7.28. The van der Waals surface area contributed by atoms with Crippen molar-refractivity contribution in [2.75, 3.05) is 13.6 Å². The van der Waals surface area contributed by atoms with Crippen LogP contribution in [0.15, 0.2) is 35.7 Å². The van der Waals surface area contributed by atoms with Gasteiger partial charge in [-0.25, -0.2) is 4.39 Å². The van der Waals surface area contributed by atoms with Crippen molar-refractivity contribution in [1.29, 1.82) is 0 Å². The number of hydrogen-bond donors (Lipinski definition) is 1. The van der Waals surface area contributed by atoms with E-state index >= 15 is 0 Å². The molecule has 0 atom stereocenters. The predicted octanol–water partition coefficient (Wildman–Crippen LogP) is 3.20. The monoisotopic (exact) mass is 308 g/mol. The summed E-state index contributed by atoms with van der Waals surface area (Å²) in [6, 6.07) is 8.73. The molecule has 0 amide bonds. The quantitative estimate of drug-likeness (QED) is 0.831. The van der Waals surface area contributed by atoms with E-state index in [2.05, 4.69) is 22.4 Å². The van der Waals surface area contributed by atoms with E-state index in [1.54, 1.807) is 17.4 Å². The Kier molecular flexibility index (Phi) is 5.23. The van der Waals surface area contributed by atoms with E-state index in [0.29, 0.717) is 11.5 Å². The molecule has 0 saturated heterocycles. The van der Waals surface area contributed by atoms with Crippen molar-refractivity contribution in [3.63, 3.8) is 0 Å². The van der Waals surface area contributed by atoms with Gasteiger partial charge in [-0.2, -0.15) is 0 Å². The van der Waals surface area contributed by atoms with Crippen molar-refractivity contribution >= 4 is 28.5 Å². The molecule has 2 aromatic rings. The zero-order valence-electron chi connectivity index (χ0n) is 11.3. The van der Waals surface area contributed by atoms with Crippen molar-refractivity contribution in [3.05, 3.63) is 57.5 Å². The second-order valence-electron chi connectivity index (χ2n) is 4.73. The van der Waals surface area contributed by atoms with E-state index in [4.69, 9.17) is 18.0 Å². The second-order valence-corrected chi connectivity index (χ2v) is 6.20. The van der Waals surface area contributed by atoms with Gasteiger partial charge in [0, 0.05) is 23.5 Å². The van der Waals surface area contributed by atoms with Gasteiger partial charge in [0.1, 0.15) is 10.8 Å². The minimum Gasteiger partial charge on any atom is -0.389 e. The first kappa shape index (κ1) is 15.1. The summed E-state index contributed by atoms with van der Waals surface area (Å²) >= 11 is 6.77. The summed E-state index contributed by atoms with van der Waals surface area (Å²) in [5, 5.41) is 2.08. The third-order valence-electron chi connectivity index (χ3n) is 3.09. The van der Waals surface area contributed by atoms with Gasteiger partial charge >= 0.3 is 0 Å². The lowest BCUT2D eigenvalue weighted by atomic mass is 10.1. The molecule has 1 aromatic heterocycles. The van der Waals surface area contributed by atoms with E-state index in [-0.39, 0.29) is 5.82 Å². The Morgan fingerprint density at radius 1 is 1.40 bits per heavy atom. The van der Waals surface area contributed by atoms with Crippen LogP contribution in [0.4, 0.5) is 4.39 Å². The van der Waals surface area contributed by atoms with Crippen LogP contribution in [0.3, 0.4) is 0 Å². The maximum absolute atomic E-state index is 13.4. The highest BCUT2D eigenvalue weighted by molar-refractivity contribution is 7.80. The number of hydrogen-bond acceptors (Lipinski definition) is 3. The Balaban J connectivity index is 2.01. The minimum atomic E-state index is -0.258. The third-order valence-corrected chi connectivity index (χ3v) is 4.25. The fraction of sp³-hybridized carbons (Fsp3) is 0.267. The van der Waals surface area contributed by atoms with Crippen LogP contribution in [0.2, 0.25) is 0 Å². The van der Waals surface area contributed by atoms with E-state index in [9.17, 15) is 4.39 Å². The van der Waals surface area contributed by atoms with Crippen LogP contribution in [0.5, 0.6) is 0 Å². The first-order chi connectivity index (χ1) is 9.56. The lowest BCUT2D eigenvalue weighted by molar-refractivity contribution is 0.331. The zero-order valence-corrected chi connectivity index (χ0v) is 12.9. The van der Waals surface area contributed by atoms with Gasteiger partial charge in [0.2, 0.25) is 0 Å². The Labute approximate surface area is 128 Å². The molecule has 5 heteroatoms. The van der Waals surface area contributed by atoms with Gasteiger partial charge in [0.25, 0.3) is 0 Å². The molecule has 0 bridgehead atoms. The van der Waals surface area contributed by atoms with Crippen LogP contribution in [-0.2, 0) is 13.0 Å². The number of benzene rings is 1. The smallest absolute Gasteiger partial charge is 0.123 e. The van der Waals surface area contributed by atoms with Gasteiger partial charge < -0.3 is 10.6 Å². The summed E-state index contributed by atoms with van der Waals surface area (Å²) < 4.78 is 13.4. The number of nitrogens with zero attached hydrogens (tertiary/aromatic N) is 1. The van der Waals surface area contributed by atoms with Crippen molar-refractivity contribution in [1.82, 2.24) is 4.90 Å². The van der Waals surface area contributed by atoms with Gasteiger partial charge in [-0.1, -0.05) is 18.3 Å². The number of likely N-dealkylation sites (N-methyl/N-ethyl adjacent to an activating group) is 1. The SMILES string of the molecule is CN(CCc1cccs1)Cc1cc(F)ccc1C(N)=S. The molecule has 0 spiro atoms. The summed E-state index contributed by atoms with van der Waals surface area (Å²) in [6.07, 6.45) is 0.992. The standard InChI is InChI=1S/C15H17FN2S2/c1-18(7-6-13-3-2-8-20-13)10-11-9-12(16)4-5-14(11)15(17)19/h2-5,8-9H,6-7,10H2,1H3,(H2,17,19). The molecule has 0 radical (unpaired) electrons. The van der Waals surface area contributed by atoms with Crippen LogP contribution in [0.25, 0.3) is 0 Å². The lowest BCUT2D eigenvalue weighted by Crippen LogP contribution is -2.23. The minimum absolute atomic E-state index is 0.258. The maximum atomic E-state index is 13.4. The first-order valence-corrected chi connectivity index (χ1v) is 7.64. The van der Waals surface area contributed by atoms with E-state index in [1.165, 1.54) is 17.0 Å². The molecular formula is C15H17FN2S2. The van der Waals surface area contributed by atoms with E-state index in [1.807, 2.05) is 7.05 Å². The lowest BCUT2D eigenvalue weighted by Gasteiger charge is -2.18. The van der Waals surface area contributed by atoms with Crippen molar-refractivity contribution in [3.8, 4) is 0 Å². The molecule has 1 heterocycles. The average Bonchev–Trinajstić information content (AvgIpc) is 2.89. The highest BCUT2D eigenvalue weighted by Gasteiger charge is 2.09. The summed E-state index contributed by atoms with van der Waals surface area (Å²) in [5.74, 6) is -0.258. The first-order valence-electron chi connectivity index (χ1n) is 6.35. The highest BCUT2D eigenvalue weighted by atomic mass is 32.1. The molecule has 0 aliphatic rings. The molecule has 0 aliphatic carbocycles. The van der Waals surface area contributed by atoms with Crippen molar-refractivity contribution in [2.45, 2.75) is 13.0 Å². The Bertz CT molecular complexity index is 582. The topological polar surface area (TPSA) is 29.3 Å². The molecule has 0 fully saturated rings. The molecule has 20 heavy (non-hydrogen) atoms. The van der Waals surface area contributed by atoms with Gasteiger partial charge in [0.05, 0.1) is 0 Å². The summed E-state index contributed by atoms with van der Waals surface area (Å²) in [4.78, 5) is 3.81. The second kappa shape index (κ2) is 6.92. The molecule has 2 nitrogen and oxygen atoms in total. The average molecular weight is 308 g/mol. The highest BCUT2D eigenvalue weighted by Crippen LogP contribution is 2.15. The molecule has 1 aromatic carbocycles. The van der Waals surface area contributed by atoms with E-state index < -0.39 is 0 Å². The van der Waals surface area contributed by atoms with Gasteiger partial charge in [-0.05, 0) is 48.7 Å².